The minimum absolute atomic E-state index is 0.311. The van der Waals surface area contributed by atoms with Crippen molar-refractivity contribution >= 4 is 61.6 Å². The molecule has 34 heavy (non-hydrogen) atoms. The first-order valence-corrected chi connectivity index (χ1v) is 12.9. The highest BCUT2D eigenvalue weighted by Crippen LogP contribution is 2.26. The lowest BCUT2D eigenvalue weighted by Crippen LogP contribution is -2.36. The van der Waals surface area contributed by atoms with Gasteiger partial charge in [0.05, 0.1) is 10.6 Å². The topological polar surface area (TPSA) is 96.0 Å². The molecule has 2 fully saturated rings. The monoisotopic (exact) mass is 537 g/mol. The molecule has 2 aromatic carbocycles. The van der Waals surface area contributed by atoms with Crippen molar-refractivity contribution in [2.24, 2.45) is 0 Å². The lowest BCUT2D eigenvalue weighted by molar-refractivity contribution is -0.115. The normalized spacial score (nSPS) is 21.7. The molecule has 2 heterocycles. The quantitative estimate of drug-likeness (QED) is 0.370. The molecule has 0 atom stereocenters. The Kier molecular flexibility index (Phi) is 6.94. The highest BCUT2D eigenvalue weighted by Gasteiger charge is 2.25. The van der Waals surface area contributed by atoms with Crippen LogP contribution in [0.25, 0.3) is 16.8 Å². The molecule has 2 aliphatic rings. The van der Waals surface area contributed by atoms with Crippen molar-refractivity contribution in [2.75, 3.05) is 5.32 Å². The van der Waals surface area contributed by atoms with E-state index in [0.29, 0.717) is 28.6 Å². The average molecular weight is 538 g/mol. The van der Waals surface area contributed by atoms with Gasteiger partial charge in [-0.2, -0.15) is 0 Å². The van der Waals surface area contributed by atoms with Crippen molar-refractivity contribution in [3.05, 3.63) is 69.3 Å². The van der Waals surface area contributed by atoms with E-state index in [0.717, 1.165) is 48.5 Å². The first kappa shape index (κ1) is 23.0. The van der Waals surface area contributed by atoms with Crippen LogP contribution in [0.4, 0.5) is 10.7 Å². The van der Waals surface area contributed by atoms with Gasteiger partial charge in [-0.25, -0.2) is 9.97 Å². The van der Waals surface area contributed by atoms with Crippen LogP contribution in [0.15, 0.2) is 58.0 Å². The van der Waals surface area contributed by atoms with E-state index in [2.05, 4.69) is 78.2 Å². The number of hydrogen-bond donors (Lipinski definition) is 3. The SMILES string of the molecule is O=C1NC(=O)/C(=C\c2ccnc(NC3CCC(NCc4ccc5cc(Br)ccc5c4)CC3)n2)S1. The predicted molar refractivity (Wildman–Crippen MR) is 139 cm³/mol. The number of imide groups is 1. The van der Waals surface area contributed by atoms with Gasteiger partial charge in [0.2, 0.25) is 5.95 Å². The molecule has 0 bridgehead atoms. The van der Waals surface area contributed by atoms with Crippen LogP contribution >= 0.6 is 27.7 Å². The highest BCUT2D eigenvalue weighted by atomic mass is 79.9. The lowest BCUT2D eigenvalue weighted by Gasteiger charge is -2.30. The van der Waals surface area contributed by atoms with Gasteiger partial charge < -0.3 is 10.6 Å². The van der Waals surface area contributed by atoms with Crippen LogP contribution in [0.1, 0.15) is 36.9 Å². The maximum atomic E-state index is 11.7. The van der Waals surface area contributed by atoms with Gasteiger partial charge in [0.25, 0.3) is 11.1 Å². The average Bonchev–Trinajstić information content (AvgIpc) is 3.15. The Labute approximate surface area is 210 Å². The van der Waals surface area contributed by atoms with E-state index in [4.69, 9.17) is 0 Å². The van der Waals surface area contributed by atoms with Gasteiger partial charge in [-0.15, -0.1) is 0 Å². The molecule has 0 radical (unpaired) electrons. The van der Waals surface area contributed by atoms with Gasteiger partial charge in [0.1, 0.15) is 0 Å². The fourth-order valence-electron chi connectivity index (χ4n) is 4.34. The number of carbonyl (C=O) groups is 2. The van der Waals surface area contributed by atoms with E-state index >= 15 is 0 Å². The number of aromatic nitrogens is 2. The first-order valence-electron chi connectivity index (χ1n) is 11.3. The number of fused-ring (bicyclic) bond motifs is 1. The Morgan fingerprint density at radius 2 is 1.79 bits per heavy atom. The number of halogens is 1. The summed E-state index contributed by atoms with van der Waals surface area (Å²) in [7, 11) is 0. The summed E-state index contributed by atoms with van der Waals surface area (Å²) in [6, 6.07) is 15.5. The summed E-state index contributed by atoms with van der Waals surface area (Å²) in [5, 5.41) is 11.5. The summed E-state index contributed by atoms with van der Waals surface area (Å²) in [5.74, 6) is 0.161. The van der Waals surface area contributed by atoms with Crippen molar-refractivity contribution < 1.29 is 9.59 Å². The Morgan fingerprint density at radius 3 is 2.59 bits per heavy atom. The third-order valence-corrected chi connectivity index (χ3v) is 7.42. The zero-order chi connectivity index (χ0) is 23.5. The maximum Gasteiger partial charge on any atom is 0.290 e. The minimum atomic E-state index is -0.384. The molecule has 7 nitrogen and oxygen atoms in total. The predicted octanol–water partition coefficient (Wildman–Crippen LogP) is 5.23. The van der Waals surface area contributed by atoms with Crippen molar-refractivity contribution in [1.82, 2.24) is 20.6 Å². The molecular formula is C25H24BrN5O2S. The third-order valence-electron chi connectivity index (χ3n) is 6.12. The van der Waals surface area contributed by atoms with E-state index in [-0.39, 0.29) is 11.1 Å². The van der Waals surface area contributed by atoms with Gasteiger partial charge in [-0.05, 0) is 84.1 Å². The van der Waals surface area contributed by atoms with Crippen LogP contribution in [0.3, 0.4) is 0 Å². The first-order chi connectivity index (χ1) is 16.5. The van der Waals surface area contributed by atoms with Crippen LogP contribution in [-0.4, -0.2) is 33.2 Å². The Morgan fingerprint density at radius 1 is 1.03 bits per heavy atom. The van der Waals surface area contributed by atoms with Crippen LogP contribution in [-0.2, 0) is 11.3 Å². The summed E-state index contributed by atoms with van der Waals surface area (Å²) < 4.78 is 1.10. The van der Waals surface area contributed by atoms with Gasteiger partial charge in [0, 0.05) is 29.3 Å². The summed E-state index contributed by atoms with van der Waals surface area (Å²) >= 11 is 4.42. The summed E-state index contributed by atoms with van der Waals surface area (Å²) in [6.07, 6.45) is 7.51. The van der Waals surface area contributed by atoms with E-state index < -0.39 is 0 Å². The Balaban J connectivity index is 1.12. The number of nitrogens with zero attached hydrogens (tertiary/aromatic N) is 2. The fraction of sp³-hybridized carbons (Fsp3) is 0.280. The Hall–Kier alpha value is -2.75. The molecule has 3 N–H and O–H groups in total. The second kappa shape index (κ2) is 10.2. The largest absolute Gasteiger partial charge is 0.351 e. The zero-order valence-corrected chi connectivity index (χ0v) is 20.8. The minimum Gasteiger partial charge on any atom is -0.351 e. The smallest absolute Gasteiger partial charge is 0.290 e. The van der Waals surface area contributed by atoms with Gasteiger partial charge in [0.15, 0.2) is 0 Å². The molecule has 0 unspecified atom stereocenters. The molecule has 1 aliphatic carbocycles. The van der Waals surface area contributed by atoms with Crippen LogP contribution < -0.4 is 16.0 Å². The van der Waals surface area contributed by atoms with Crippen LogP contribution in [0.5, 0.6) is 0 Å². The van der Waals surface area contributed by atoms with Crippen molar-refractivity contribution in [1.29, 1.82) is 0 Å². The molecule has 1 aromatic heterocycles. The molecule has 2 amide bonds. The van der Waals surface area contributed by atoms with Crippen LogP contribution in [0.2, 0.25) is 0 Å². The van der Waals surface area contributed by atoms with E-state index in [1.807, 2.05) is 0 Å². The fourth-order valence-corrected chi connectivity index (χ4v) is 5.39. The van der Waals surface area contributed by atoms with Gasteiger partial charge in [-0.3, -0.25) is 14.9 Å². The molecule has 1 saturated carbocycles. The standard InChI is InChI=1S/C25H24BrN5O2S/c26-18-4-3-16-11-15(1-2-17(16)12-18)14-28-19-5-7-20(8-6-19)29-24-27-10-9-21(30-24)13-22-23(32)31-25(33)34-22/h1-4,9-13,19-20,28H,5-8,14H2,(H,27,29,30)(H,31,32,33)/b22-13+. The molecule has 3 aromatic rings. The van der Waals surface area contributed by atoms with Crippen molar-refractivity contribution in [2.45, 2.75) is 44.3 Å². The molecule has 0 spiro atoms. The number of rotatable bonds is 6. The third kappa shape index (κ3) is 5.65. The van der Waals surface area contributed by atoms with E-state index in [1.54, 1.807) is 18.3 Å². The number of anilines is 1. The van der Waals surface area contributed by atoms with E-state index in [9.17, 15) is 9.59 Å². The Bertz CT molecular complexity index is 1270. The molecule has 1 aliphatic heterocycles. The van der Waals surface area contributed by atoms with Crippen molar-refractivity contribution in [3.8, 4) is 0 Å². The highest BCUT2D eigenvalue weighted by molar-refractivity contribution is 9.10. The lowest BCUT2D eigenvalue weighted by atomic mass is 9.91. The van der Waals surface area contributed by atoms with E-state index in [1.165, 1.54) is 16.3 Å². The second-order valence-corrected chi connectivity index (χ2v) is 10.5. The molecular weight excluding hydrogens is 514 g/mol. The summed E-state index contributed by atoms with van der Waals surface area (Å²) in [6.45, 7) is 0.864. The maximum absolute atomic E-state index is 11.7. The number of carbonyl (C=O) groups excluding carboxylic acids is 2. The summed E-state index contributed by atoms with van der Waals surface area (Å²) in [5.41, 5.74) is 1.90. The second-order valence-electron chi connectivity index (χ2n) is 8.56. The summed E-state index contributed by atoms with van der Waals surface area (Å²) in [4.78, 5) is 32.3. The molecule has 9 heteroatoms. The number of thioether (sulfide) groups is 1. The number of amides is 2. The number of nitrogens with one attached hydrogen (secondary N) is 3. The van der Waals surface area contributed by atoms with Crippen molar-refractivity contribution in [3.63, 3.8) is 0 Å². The zero-order valence-electron chi connectivity index (χ0n) is 18.4. The van der Waals surface area contributed by atoms with Crippen LogP contribution in [0, 0.1) is 0 Å². The molecule has 174 valence electrons. The number of hydrogen-bond acceptors (Lipinski definition) is 7. The van der Waals surface area contributed by atoms with Gasteiger partial charge in [-0.1, -0.05) is 34.1 Å². The number of benzene rings is 2. The molecule has 1 saturated heterocycles. The molecule has 5 rings (SSSR count). The van der Waals surface area contributed by atoms with Gasteiger partial charge >= 0.3 is 0 Å².